The second-order valence-corrected chi connectivity index (χ2v) is 4.36. The van der Waals surface area contributed by atoms with E-state index in [0.717, 1.165) is 0 Å². The molecule has 0 unspecified atom stereocenters. The van der Waals surface area contributed by atoms with Crippen LogP contribution in [0.3, 0.4) is 0 Å². The highest BCUT2D eigenvalue weighted by atomic mass is 32.2. The van der Waals surface area contributed by atoms with Gasteiger partial charge in [0, 0.05) is 9.43 Å². The molecule has 0 saturated carbocycles. The van der Waals surface area contributed by atoms with Crippen LogP contribution in [-0.4, -0.2) is 15.5 Å². The molecule has 1 rings (SSSR count). The third kappa shape index (κ3) is 2.39. The molecule has 15 heavy (non-hydrogen) atoms. The van der Waals surface area contributed by atoms with Crippen LogP contribution >= 0.6 is 0 Å². The molecule has 1 aromatic carbocycles. The van der Waals surface area contributed by atoms with Gasteiger partial charge in [0.1, 0.15) is 5.75 Å². The Morgan fingerprint density at radius 2 is 2.13 bits per heavy atom. The lowest BCUT2D eigenvalue weighted by atomic mass is 10.2. The summed E-state index contributed by atoms with van der Waals surface area (Å²) in [6.45, 7) is 1.70. The third-order valence-electron chi connectivity index (χ3n) is 1.81. The highest BCUT2D eigenvalue weighted by Gasteiger charge is 2.13. The first-order chi connectivity index (χ1) is 7.01. The molecule has 1 aromatic rings. The van der Waals surface area contributed by atoms with Crippen LogP contribution in [0, 0.1) is 6.92 Å². The van der Waals surface area contributed by atoms with Crippen molar-refractivity contribution in [2.45, 2.75) is 11.8 Å². The normalized spacial score (nSPS) is 10.5. The third-order valence-corrected chi connectivity index (χ3v) is 2.95. The van der Waals surface area contributed by atoms with Gasteiger partial charge in [-0.05, 0) is 36.2 Å². The molecule has 0 aliphatic heterocycles. The second-order valence-electron chi connectivity index (χ2n) is 2.78. The number of benzene rings is 1. The Morgan fingerprint density at radius 3 is 2.60 bits per heavy atom. The predicted octanol–water partition coefficient (Wildman–Crippen LogP) is 2.00. The van der Waals surface area contributed by atoms with Crippen LogP contribution in [0.1, 0.15) is 5.56 Å². The smallest absolute Gasteiger partial charge is 0.264 e. The molecule has 0 aliphatic rings. The van der Waals surface area contributed by atoms with Crippen LogP contribution in [0.25, 0.3) is 10.4 Å². The highest BCUT2D eigenvalue weighted by molar-refractivity contribution is 7.90. The van der Waals surface area contributed by atoms with E-state index in [-0.39, 0.29) is 4.90 Å². The van der Waals surface area contributed by atoms with Crippen molar-refractivity contribution in [2.24, 2.45) is 4.52 Å². The zero-order valence-electron chi connectivity index (χ0n) is 8.21. The van der Waals surface area contributed by atoms with E-state index in [2.05, 4.69) is 9.43 Å². The fourth-order valence-corrected chi connectivity index (χ4v) is 1.86. The van der Waals surface area contributed by atoms with Gasteiger partial charge in [-0.2, -0.15) is 0 Å². The van der Waals surface area contributed by atoms with Crippen LogP contribution in [0.5, 0.6) is 5.75 Å². The topological polar surface area (TPSA) is 92.1 Å². The van der Waals surface area contributed by atoms with E-state index in [9.17, 15) is 8.42 Å². The maximum Gasteiger partial charge on any atom is 0.264 e. The Balaban J connectivity index is 3.30. The Bertz CT molecular complexity index is 518. The van der Waals surface area contributed by atoms with E-state index in [1.54, 1.807) is 6.92 Å². The van der Waals surface area contributed by atoms with E-state index in [1.807, 2.05) is 0 Å². The summed E-state index contributed by atoms with van der Waals surface area (Å²) in [5, 5.41) is 0. The molecule has 0 heterocycles. The van der Waals surface area contributed by atoms with Gasteiger partial charge in [-0.15, -0.1) is 0 Å². The summed E-state index contributed by atoms with van der Waals surface area (Å²) in [7, 11) is -2.42. The number of azide groups is 1. The molecule has 0 aliphatic carbocycles. The van der Waals surface area contributed by atoms with Crippen molar-refractivity contribution in [1.29, 1.82) is 0 Å². The lowest BCUT2D eigenvalue weighted by Gasteiger charge is -2.05. The average molecular weight is 227 g/mol. The van der Waals surface area contributed by atoms with E-state index in [4.69, 9.17) is 10.3 Å². The standard InChI is InChI=1S/C8H9N3O3S/c1-6-5-7(3-4-8(6)14-2)15(12,13)11-10-9/h3-5H,1-2H3. The second kappa shape index (κ2) is 4.20. The first kappa shape index (κ1) is 11.4. The molecule has 0 N–H and O–H groups in total. The van der Waals surface area contributed by atoms with Gasteiger partial charge in [-0.1, -0.05) is 0 Å². The molecule has 0 saturated heterocycles. The first-order valence-electron chi connectivity index (χ1n) is 3.97. The molecular weight excluding hydrogens is 218 g/mol. The SMILES string of the molecule is COc1ccc(S(=O)(=O)N=[N+]=[N-])cc1C. The van der Waals surface area contributed by atoms with Gasteiger partial charge in [0.25, 0.3) is 10.0 Å². The monoisotopic (exact) mass is 227 g/mol. The van der Waals surface area contributed by atoms with Crippen molar-refractivity contribution < 1.29 is 13.2 Å². The maximum atomic E-state index is 11.3. The molecule has 6 nitrogen and oxygen atoms in total. The quantitative estimate of drug-likeness (QED) is 0.449. The summed E-state index contributed by atoms with van der Waals surface area (Å²) in [5.41, 5.74) is 8.75. The molecule has 0 radical (unpaired) electrons. The van der Waals surface area contributed by atoms with Gasteiger partial charge in [-0.25, -0.2) is 8.42 Å². The fraction of sp³-hybridized carbons (Fsp3) is 0.250. The molecule has 0 spiro atoms. The molecule has 0 bridgehead atoms. The molecule has 0 amide bonds. The van der Waals surface area contributed by atoms with Gasteiger partial charge >= 0.3 is 0 Å². The minimum absolute atomic E-state index is 0.0430. The number of methoxy groups -OCH3 is 1. The lowest BCUT2D eigenvalue weighted by molar-refractivity contribution is 0.411. The number of ether oxygens (including phenoxy) is 1. The number of rotatable bonds is 3. The number of nitrogens with zero attached hydrogens (tertiary/aromatic N) is 3. The number of aryl methyl sites for hydroxylation is 1. The van der Waals surface area contributed by atoms with E-state index >= 15 is 0 Å². The zero-order chi connectivity index (χ0) is 11.5. The van der Waals surface area contributed by atoms with Crippen molar-refractivity contribution >= 4 is 10.0 Å². The van der Waals surface area contributed by atoms with Crippen molar-refractivity contribution in [2.75, 3.05) is 7.11 Å². The van der Waals surface area contributed by atoms with E-state index < -0.39 is 10.0 Å². The maximum absolute atomic E-state index is 11.3. The zero-order valence-corrected chi connectivity index (χ0v) is 9.02. The summed E-state index contributed by atoms with van der Waals surface area (Å²) in [6, 6.07) is 4.23. The van der Waals surface area contributed by atoms with Crippen molar-refractivity contribution in [3.63, 3.8) is 0 Å². The molecular formula is C8H9N3O3S. The Morgan fingerprint density at radius 1 is 1.47 bits per heavy atom. The predicted molar refractivity (Wildman–Crippen MR) is 54.1 cm³/mol. The number of sulfonamides is 1. The summed E-state index contributed by atoms with van der Waals surface area (Å²) in [6.07, 6.45) is 0. The molecule has 0 fully saturated rings. The van der Waals surface area contributed by atoms with Crippen molar-refractivity contribution in [3.05, 3.63) is 34.2 Å². The van der Waals surface area contributed by atoms with Crippen LogP contribution < -0.4 is 4.74 Å². The molecule has 0 atom stereocenters. The van der Waals surface area contributed by atoms with Gasteiger partial charge < -0.3 is 4.74 Å². The van der Waals surface area contributed by atoms with Crippen molar-refractivity contribution in [1.82, 2.24) is 0 Å². The highest BCUT2D eigenvalue weighted by Crippen LogP contribution is 2.22. The minimum Gasteiger partial charge on any atom is -0.496 e. The Hall–Kier alpha value is -1.72. The minimum atomic E-state index is -3.91. The first-order valence-corrected chi connectivity index (χ1v) is 5.41. The van der Waals surface area contributed by atoms with Crippen LogP contribution in [-0.2, 0) is 10.0 Å². The number of hydrogen-bond acceptors (Lipinski definition) is 3. The van der Waals surface area contributed by atoms with Crippen molar-refractivity contribution in [3.8, 4) is 5.75 Å². The van der Waals surface area contributed by atoms with Gasteiger partial charge in [0.05, 0.1) is 12.0 Å². The molecule has 80 valence electrons. The van der Waals surface area contributed by atoms with Crippen LogP contribution in [0.4, 0.5) is 0 Å². The Kier molecular flexibility index (Phi) is 3.18. The summed E-state index contributed by atoms with van der Waals surface area (Å²) >= 11 is 0. The Labute approximate surface area is 87.2 Å². The van der Waals surface area contributed by atoms with Gasteiger partial charge in [-0.3, -0.25) is 0 Å². The van der Waals surface area contributed by atoms with Crippen LogP contribution in [0.2, 0.25) is 0 Å². The summed E-state index contributed by atoms with van der Waals surface area (Å²) in [5.74, 6) is 0.579. The molecule has 0 aromatic heterocycles. The fourth-order valence-electron chi connectivity index (χ4n) is 1.11. The lowest BCUT2D eigenvalue weighted by Crippen LogP contribution is -1.97. The summed E-state index contributed by atoms with van der Waals surface area (Å²) in [4.78, 5) is 2.22. The largest absolute Gasteiger partial charge is 0.496 e. The average Bonchev–Trinajstić information content (AvgIpc) is 2.17. The van der Waals surface area contributed by atoms with Gasteiger partial charge in [0.2, 0.25) is 0 Å². The number of hydrogen-bond donors (Lipinski definition) is 0. The summed E-state index contributed by atoms with van der Waals surface area (Å²) < 4.78 is 30.4. The van der Waals surface area contributed by atoms with Gasteiger partial charge in [0.15, 0.2) is 0 Å². The van der Waals surface area contributed by atoms with Crippen LogP contribution in [0.15, 0.2) is 27.6 Å². The van der Waals surface area contributed by atoms with E-state index in [0.29, 0.717) is 11.3 Å². The van der Waals surface area contributed by atoms with E-state index in [1.165, 1.54) is 25.3 Å². The molecule has 7 heteroatoms.